The van der Waals surface area contributed by atoms with Gasteiger partial charge in [0, 0.05) is 44.0 Å². The first-order valence-electron chi connectivity index (χ1n) is 8.05. The second-order valence-corrected chi connectivity index (χ2v) is 5.41. The van der Waals surface area contributed by atoms with E-state index < -0.39 is 0 Å². The molecule has 0 aliphatic carbocycles. The number of nitrogens with two attached hydrogens (primary N) is 1. The van der Waals surface area contributed by atoms with E-state index in [0.717, 1.165) is 43.0 Å². The van der Waals surface area contributed by atoms with Crippen molar-refractivity contribution >= 4 is 35.6 Å². The zero-order valence-corrected chi connectivity index (χ0v) is 16.2. The van der Waals surface area contributed by atoms with E-state index in [-0.39, 0.29) is 24.0 Å². The molecular weight excluding hydrogens is 429 g/mol. The van der Waals surface area contributed by atoms with Crippen LogP contribution in [-0.4, -0.2) is 38.6 Å². The van der Waals surface area contributed by atoms with Crippen LogP contribution in [0.3, 0.4) is 0 Å². The Morgan fingerprint density at radius 3 is 2.84 bits per heavy atom. The minimum Gasteiger partial charge on any atom is -0.370 e. The van der Waals surface area contributed by atoms with Gasteiger partial charge < -0.3 is 11.1 Å². The molecule has 0 amide bonds. The molecule has 3 aromatic heterocycles. The Bertz CT molecular complexity index is 801. The molecular formula is C17H22IN7. The molecule has 3 rings (SSSR count). The van der Waals surface area contributed by atoms with Crippen molar-refractivity contribution in [3.05, 3.63) is 60.3 Å². The Morgan fingerprint density at radius 2 is 2.00 bits per heavy atom. The molecule has 0 unspecified atom stereocenters. The van der Waals surface area contributed by atoms with Crippen LogP contribution in [0.25, 0.3) is 5.65 Å². The van der Waals surface area contributed by atoms with Crippen molar-refractivity contribution in [2.75, 3.05) is 13.1 Å². The second-order valence-electron chi connectivity index (χ2n) is 5.41. The molecule has 3 heterocycles. The van der Waals surface area contributed by atoms with Crippen molar-refractivity contribution in [2.24, 2.45) is 10.7 Å². The molecule has 0 aromatic carbocycles. The lowest BCUT2D eigenvalue weighted by atomic mass is 10.3. The van der Waals surface area contributed by atoms with Crippen LogP contribution in [0.5, 0.6) is 0 Å². The van der Waals surface area contributed by atoms with Gasteiger partial charge in [-0.25, -0.2) is 0 Å². The van der Waals surface area contributed by atoms with Crippen molar-refractivity contribution in [1.29, 1.82) is 0 Å². The highest BCUT2D eigenvalue weighted by Crippen LogP contribution is 2.05. The summed E-state index contributed by atoms with van der Waals surface area (Å²) in [4.78, 5) is 8.61. The van der Waals surface area contributed by atoms with E-state index >= 15 is 0 Å². The Balaban J connectivity index is 0.00000225. The summed E-state index contributed by atoms with van der Waals surface area (Å²) >= 11 is 0. The SMILES string of the molecule is I.NC(=NCCCc1nnc2ccccn12)NCCc1ccccn1. The lowest BCUT2D eigenvalue weighted by Crippen LogP contribution is -2.33. The van der Waals surface area contributed by atoms with Crippen LogP contribution in [0.1, 0.15) is 17.9 Å². The van der Waals surface area contributed by atoms with Gasteiger partial charge in [-0.3, -0.25) is 14.4 Å². The highest BCUT2D eigenvalue weighted by Gasteiger charge is 2.03. The maximum Gasteiger partial charge on any atom is 0.188 e. The Kier molecular flexibility index (Phi) is 7.58. The highest BCUT2D eigenvalue weighted by molar-refractivity contribution is 14.0. The van der Waals surface area contributed by atoms with Crippen LogP contribution in [-0.2, 0) is 12.8 Å². The standard InChI is InChI=1S/C17H21N7.HI/c18-17(21-12-9-14-6-1-3-10-19-14)20-11-5-8-16-23-22-15-7-2-4-13-24(15)16;/h1-4,6-7,10,13H,5,8-9,11-12H2,(H3,18,20,21);1H. The van der Waals surface area contributed by atoms with Crippen molar-refractivity contribution < 1.29 is 0 Å². The molecule has 0 aliphatic rings. The summed E-state index contributed by atoms with van der Waals surface area (Å²) in [7, 11) is 0. The zero-order chi connectivity index (χ0) is 16.6. The van der Waals surface area contributed by atoms with Crippen molar-refractivity contribution in [1.82, 2.24) is 24.9 Å². The van der Waals surface area contributed by atoms with Gasteiger partial charge >= 0.3 is 0 Å². The van der Waals surface area contributed by atoms with E-state index in [2.05, 4.69) is 25.5 Å². The molecule has 132 valence electrons. The molecule has 3 N–H and O–H groups in total. The third-order valence-corrected chi connectivity index (χ3v) is 3.64. The first-order chi connectivity index (χ1) is 11.8. The largest absolute Gasteiger partial charge is 0.370 e. The first-order valence-corrected chi connectivity index (χ1v) is 8.05. The fourth-order valence-corrected chi connectivity index (χ4v) is 2.42. The number of nitrogens with zero attached hydrogens (tertiary/aromatic N) is 5. The fourth-order valence-electron chi connectivity index (χ4n) is 2.42. The number of fused-ring (bicyclic) bond motifs is 1. The van der Waals surface area contributed by atoms with Gasteiger partial charge in [-0.1, -0.05) is 12.1 Å². The number of rotatable bonds is 7. The molecule has 0 saturated heterocycles. The summed E-state index contributed by atoms with van der Waals surface area (Å²) < 4.78 is 2.00. The van der Waals surface area contributed by atoms with Crippen LogP contribution in [0.15, 0.2) is 53.8 Å². The summed E-state index contributed by atoms with van der Waals surface area (Å²) in [5.74, 6) is 1.42. The van der Waals surface area contributed by atoms with Crippen LogP contribution < -0.4 is 11.1 Å². The lowest BCUT2D eigenvalue weighted by Gasteiger charge is -2.05. The van der Waals surface area contributed by atoms with Gasteiger partial charge in [-0.2, -0.15) is 0 Å². The van der Waals surface area contributed by atoms with Gasteiger partial charge in [-0.05, 0) is 30.7 Å². The second kappa shape index (κ2) is 9.92. The van der Waals surface area contributed by atoms with Crippen molar-refractivity contribution in [2.45, 2.75) is 19.3 Å². The molecule has 0 saturated carbocycles. The third kappa shape index (κ3) is 5.66. The molecule has 0 fully saturated rings. The first kappa shape index (κ1) is 19.1. The van der Waals surface area contributed by atoms with Gasteiger partial charge in [0.15, 0.2) is 11.6 Å². The average molecular weight is 451 g/mol. The topological polar surface area (TPSA) is 93.5 Å². The van der Waals surface area contributed by atoms with Gasteiger partial charge in [0.25, 0.3) is 0 Å². The zero-order valence-electron chi connectivity index (χ0n) is 13.9. The summed E-state index contributed by atoms with van der Waals surface area (Å²) in [5.41, 5.74) is 7.78. The summed E-state index contributed by atoms with van der Waals surface area (Å²) in [6, 6.07) is 11.8. The smallest absolute Gasteiger partial charge is 0.188 e. The third-order valence-electron chi connectivity index (χ3n) is 3.64. The number of aromatic nitrogens is 4. The van der Waals surface area contributed by atoms with Crippen LogP contribution >= 0.6 is 24.0 Å². The Labute approximate surface area is 163 Å². The maximum atomic E-state index is 5.87. The molecule has 0 bridgehead atoms. The van der Waals surface area contributed by atoms with Crippen LogP contribution in [0, 0.1) is 0 Å². The monoisotopic (exact) mass is 451 g/mol. The number of aryl methyl sites for hydroxylation is 1. The van der Waals surface area contributed by atoms with Crippen LogP contribution in [0.4, 0.5) is 0 Å². The number of halogens is 1. The van der Waals surface area contributed by atoms with E-state index in [1.165, 1.54) is 0 Å². The summed E-state index contributed by atoms with van der Waals surface area (Å²) in [5, 5.41) is 11.5. The number of hydrogen-bond donors (Lipinski definition) is 2. The number of hydrogen-bond acceptors (Lipinski definition) is 4. The molecule has 3 aromatic rings. The quantitative estimate of drug-likeness (QED) is 0.248. The predicted molar refractivity (Wildman–Crippen MR) is 109 cm³/mol. The van der Waals surface area contributed by atoms with Crippen molar-refractivity contribution in [3.8, 4) is 0 Å². The summed E-state index contributed by atoms with van der Waals surface area (Å²) in [6.07, 6.45) is 6.28. The van der Waals surface area contributed by atoms with Crippen molar-refractivity contribution in [3.63, 3.8) is 0 Å². The van der Waals surface area contributed by atoms with E-state index in [4.69, 9.17) is 5.73 Å². The number of pyridine rings is 2. The molecule has 0 aliphatic heterocycles. The molecule has 0 radical (unpaired) electrons. The average Bonchev–Trinajstić information content (AvgIpc) is 3.03. The van der Waals surface area contributed by atoms with Gasteiger partial charge in [0.2, 0.25) is 0 Å². The Hall–Kier alpha value is -2.23. The number of nitrogens with one attached hydrogen (secondary N) is 1. The van der Waals surface area contributed by atoms with E-state index in [1.807, 2.05) is 47.0 Å². The van der Waals surface area contributed by atoms with E-state index in [1.54, 1.807) is 6.20 Å². The summed E-state index contributed by atoms with van der Waals surface area (Å²) in [6.45, 7) is 1.38. The number of aliphatic imine (C=N–C) groups is 1. The van der Waals surface area contributed by atoms with Gasteiger partial charge in [0.1, 0.15) is 5.82 Å². The normalized spacial score (nSPS) is 11.3. The minimum atomic E-state index is 0. The molecule has 0 spiro atoms. The predicted octanol–water partition coefficient (Wildman–Crippen LogP) is 1.82. The van der Waals surface area contributed by atoms with Gasteiger partial charge in [-0.15, -0.1) is 34.2 Å². The van der Waals surface area contributed by atoms with E-state index in [9.17, 15) is 0 Å². The highest BCUT2D eigenvalue weighted by atomic mass is 127. The molecule has 8 heteroatoms. The Morgan fingerprint density at radius 1 is 1.12 bits per heavy atom. The minimum absolute atomic E-state index is 0. The van der Waals surface area contributed by atoms with Crippen LogP contribution in [0.2, 0.25) is 0 Å². The maximum absolute atomic E-state index is 5.87. The molecule has 7 nitrogen and oxygen atoms in total. The fraction of sp³-hybridized carbons (Fsp3) is 0.294. The lowest BCUT2D eigenvalue weighted by molar-refractivity contribution is 0.761. The van der Waals surface area contributed by atoms with Gasteiger partial charge in [0.05, 0.1) is 0 Å². The van der Waals surface area contributed by atoms with E-state index in [0.29, 0.717) is 12.5 Å². The molecule has 25 heavy (non-hydrogen) atoms. The number of guanidine groups is 1. The molecule has 0 atom stereocenters.